The molecule has 0 aromatic rings. The number of alkyl halides is 16. The van der Waals surface area contributed by atoms with Gasteiger partial charge in [-0.05, 0) is 0 Å². The van der Waals surface area contributed by atoms with Gasteiger partial charge >= 0.3 is 41.4 Å². The van der Waals surface area contributed by atoms with Gasteiger partial charge in [-0.2, -0.15) is 74.6 Å². The highest BCUT2D eigenvalue weighted by atomic mass is 32.2. The van der Waals surface area contributed by atoms with Crippen molar-refractivity contribution in [2.75, 3.05) is 7.05 Å². The minimum absolute atomic E-state index is 1.36. The molecule has 0 unspecified atom stereocenters. The fraction of sp³-hybridized carbons (Fsp3) is 0.800. The summed E-state index contributed by atoms with van der Waals surface area (Å²) in [7, 11) is -9.89. The number of sulfonamides is 1. The second kappa shape index (κ2) is 7.72. The third-order valence-corrected chi connectivity index (χ3v) is 5.15. The highest BCUT2D eigenvalue weighted by Crippen LogP contribution is 2.56. The van der Waals surface area contributed by atoms with Crippen LogP contribution < -0.4 is 0 Å². The second-order valence-corrected chi connectivity index (χ2v) is 7.39. The lowest BCUT2D eigenvalue weighted by Gasteiger charge is -2.38. The Bertz CT molecular complexity index is 850. The zero-order valence-corrected chi connectivity index (χ0v) is 14.8. The normalized spacial score (nSPS) is 17.0. The van der Waals surface area contributed by atoms with Gasteiger partial charge in [-0.25, -0.2) is 12.8 Å². The van der Waals surface area contributed by atoms with Crippen LogP contribution in [-0.2, 0) is 10.0 Å². The van der Waals surface area contributed by atoms with Gasteiger partial charge in [0.15, 0.2) is 0 Å². The van der Waals surface area contributed by atoms with Crippen molar-refractivity contribution in [1.29, 1.82) is 0 Å². The molecular formula is C10H3F18NO2S. The van der Waals surface area contributed by atoms with Crippen molar-refractivity contribution >= 4 is 10.0 Å². The minimum Gasteiger partial charge on any atom is -0.205 e. The maximum atomic E-state index is 13.5. The van der Waals surface area contributed by atoms with Gasteiger partial charge in [0.25, 0.3) is 10.0 Å². The van der Waals surface area contributed by atoms with Crippen molar-refractivity contribution < 1.29 is 87.4 Å². The van der Waals surface area contributed by atoms with Crippen LogP contribution in [0.25, 0.3) is 0 Å². The van der Waals surface area contributed by atoms with Crippen molar-refractivity contribution in [2.45, 2.75) is 41.4 Å². The van der Waals surface area contributed by atoms with E-state index in [1.165, 1.54) is 0 Å². The zero-order valence-electron chi connectivity index (χ0n) is 14.0. The third-order valence-electron chi connectivity index (χ3n) is 3.29. The Morgan fingerprint density at radius 1 is 0.625 bits per heavy atom. The zero-order chi connectivity index (χ0) is 26.7. The van der Waals surface area contributed by atoms with Crippen LogP contribution in [0.2, 0.25) is 0 Å². The van der Waals surface area contributed by atoms with Crippen LogP contribution in [0.5, 0.6) is 0 Å². The summed E-state index contributed by atoms with van der Waals surface area (Å²) >= 11 is 0. The molecule has 0 bridgehead atoms. The van der Waals surface area contributed by atoms with E-state index < -0.39 is 74.5 Å². The maximum absolute atomic E-state index is 13.5. The molecule has 0 saturated heterocycles. The van der Waals surface area contributed by atoms with Crippen molar-refractivity contribution in [1.82, 2.24) is 4.31 Å². The van der Waals surface area contributed by atoms with Gasteiger partial charge < -0.3 is 0 Å². The molecule has 0 aliphatic rings. The van der Waals surface area contributed by atoms with Gasteiger partial charge in [0.05, 0.1) is 0 Å². The van der Waals surface area contributed by atoms with E-state index in [0.717, 1.165) is 0 Å². The highest BCUT2D eigenvalue weighted by Gasteiger charge is 2.87. The standard InChI is InChI=1S/C10H3F18NO2S/c1-29(9(25,26)4(13,14)2(11)3(12)5(15,16)17)32(30,31)10(27,28)7(20,21)6(18,19)8(22,23)24/h1H3. The lowest BCUT2D eigenvalue weighted by Crippen LogP contribution is -2.67. The molecule has 0 aliphatic heterocycles. The number of hydrogen-bond acceptors (Lipinski definition) is 2. The van der Waals surface area contributed by atoms with Gasteiger partial charge in [-0.15, -0.1) is 4.31 Å². The van der Waals surface area contributed by atoms with Gasteiger partial charge in [0.2, 0.25) is 11.7 Å². The molecule has 0 aromatic carbocycles. The van der Waals surface area contributed by atoms with Gasteiger partial charge in [-0.3, -0.25) is 0 Å². The molecule has 0 N–H and O–H groups in total. The number of halogens is 18. The molecule has 0 rings (SSSR count). The van der Waals surface area contributed by atoms with E-state index in [9.17, 15) is 87.4 Å². The fourth-order valence-corrected chi connectivity index (χ4v) is 2.65. The molecular weight excluding hydrogens is 540 g/mol. The Morgan fingerprint density at radius 2 is 0.969 bits per heavy atom. The Balaban J connectivity index is 6.81. The Morgan fingerprint density at radius 3 is 1.25 bits per heavy atom. The van der Waals surface area contributed by atoms with Crippen LogP contribution in [0.4, 0.5) is 79.0 Å². The first-order chi connectivity index (χ1) is 13.5. The summed E-state index contributed by atoms with van der Waals surface area (Å²) in [5.74, 6) is -33.2. The van der Waals surface area contributed by atoms with E-state index in [4.69, 9.17) is 0 Å². The van der Waals surface area contributed by atoms with Crippen molar-refractivity contribution in [3.05, 3.63) is 11.7 Å². The molecule has 0 radical (unpaired) electrons. The molecule has 0 amide bonds. The number of rotatable bonds is 7. The minimum atomic E-state index is -8.53. The summed E-state index contributed by atoms with van der Waals surface area (Å²) < 4.78 is 248. The van der Waals surface area contributed by atoms with Gasteiger partial charge in [0, 0.05) is 7.05 Å². The molecule has 0 atom stereocenters. The smallest absolute Gasteiger partial charge is 0.205 e. The molecule has 32 heavy (non-hydrogen) atoms. The molecule has 192 valence electrons. The molecule has 0 saturated carbocycles. The predicted octanol–water partition coefficient (Wildman–Crippen LogP) is 5.61. The molecule has 0 aliphatic carbocycles. The second-order valence-electron chi connectivity index (χ2n) is 5.38. The first-order valence-electron chi connectivity index (χ1n) is 6.54. The Hall–Kier alpha value is -1.61. The van der Waals surface area contributed by atoms with Crippen molar-refractivity contribution in [3.63, 3.8) is 0 Å². The van der Waals surface area contributed by atoms with Crippen LogP contribution in [0.1, 0.15) is 0 Å². The number of allylic oxidation sites excluding steroid dienone is 1. The topological polar surface area (TPSA) is 37.4 Å². The number of hydrogen-bond donors (Lipinski definition) is 0. The lowest BCUT2D eigenvalue weighted by atomic mass is 10.1. The number of nitrogens with zero attached hydrogens (tertiary/aromatic N) is 1. The monoisotopic (exact) mass is 543 g/mol. The van der Waals surface area contributed by atoms with Crippen LogP contribution in [-0.4, -0.2) is 61.2 Å². The van der Waals surface area contributed by atoms with Gasteiger partial charge in [0.1, 0.15) is 0 Å². The van der Waals surface area contributed by atoms with Crippen LogP contribution in [0.3, 0.4) is 0 Å². The van der Waals surface area contributed by atoms with E-state index in [1.807, 2.05) is 0 Å². The predicted molar refractivity (Wildman–Crippen MR) is 62.8 cm³/mol. The first kappa shape index (κ1) is 30.4. The van der Waals surface area contributed by atoms with E-state index in [0.29, 0.717) is 0 Å². The van der Waals surface area contributed by atoms with E-state index >= 15 is 0 Å². The molecule has 22 heteroatoms. The van der Waals surface area contributed by atoms with E-state index in [1.54, 1.807) is 0 Å². The average molecular weight is 543 g/mol. The summed E-state index contributed by atoms with van der Waals surface area (Å²) in [4.78, 5) is 0. The molecule has 0 heterocycles. The summed E-state index contributed by atoms with van der Waals surface area (Å²) in [5.41, 5.74) is 0. The SMILES string of the molecule is CN(C(F)(F)C(F)(F)C(F)=C(F)C(F)(F)F)S(=O)(=O)C(F)(F)C(F)(F)C(F)(F)C(F)(F)F. The quantitative estimate of drug-likeness (QED) is 0.309. The summed E-state index contributed by atoms with van der Waals surface area (Å²) in [5, 5.41) is -8.03. The summed E-state index contributed by atoms with van der Waals surface area (Å²) in [6.07, 6.45) is -14.5. The lowest BCUT2D eigenvalue weighted by molar-refractivity contribution is -0.383. The molecule has 3 nitrogen and oxygen atoms in total. The summed E-state index contributed by atoms with van der Waals surface area (Å²) in [6.45, 7) is 0. The maximum Gasteiger partial charge on any atom is 0.460 e. The van der Waals surface area contributed by atoms with Crippen LogP contribution >= 0.6 is 0 Å². The van der Waals surface area contributed by atoms with E-state index in [-0.39, 0.29) is 0 Å². The Labute approximate surface area is 163 Å². The van der Waals surface area contributed by atoms with Crippen LogP contribution in [0.15, 0.2) is 11.7 Å². The third kappa shape index (κ3) is 4.18. The molecule has 0 spiro atoms. The molecule has 0 fully saturated rings. The first-order valence-corrected chi connectivity index (χ1v) is 7.98. The average Bonchev–Trinajstić information content (AvgIpc) is 2.56. The molecule has 0 aromatic heterocycles. The summed E-state index contributed by atoms with van der Waals surface area (Å²) in [6, 6.07) is -7.41. The van der Waals surface area contributed by atoms with Crippen molar-refractivity contribution in [2.24, 2.45) is 0 Å². The fourth-order valence-electron chi connectivity index (χ4n) is 1.44. The van der Waals surface area contributed by atoms with Gasteiger partial charge in [-0.1, -0.05) is 0 Å². The van der Waals surface area contributed by atoms with Crippen LogP contribution in [0, 0.1) is 0 Å². The Kier molecular flexibility index (Phi) is 7.33. The van der Waals surface area contributed by atoms with Crippen molar-refractivity contribution in [3.8, 4) is 0 Å². The van der Waals surface area contributed by atoms with E-state index in [2.05, 4.69) is 0 Å². The largest absolute Gasteiger partial charge is 0.460 e. The highest BCUT2D eigenvalue weighted by molar-refractivity contribution is 7.90.